The van der Waals surface area contributed by atoms with Crippen LogP contribution in [0, 0.1) is 0 Å². The average Bonchev–Trinajstić information content (AvgIpc) is 2.65. The summed E-state index contributed by atoms with van der Waals surface area (Å²) in [6, 6.07) is 5.95. The van der Waals surface area contributed by atoms with Crippen molar-refractivity contribution >= 4 is 17.3 Å². The van der Waals surface area contributed by atoms with E-state index in [0.29, 0.717) is 0 Å². The highest BCUT2D eigenvalue weighted by Crippen LogP contribution is 2.33. The number of carbonyl (C=O) groups excluding carboxylic acids is 1. The molecule has 0 aromatic heterocycles. The van der Waals surface area contributed by atoms with Crippen molar-refractivity contribution in [2.75, 3.05) is 30.4 Å². The number of rotatable bonds is 4. The van der Waals surface area contributed by atoms with Gasteiger partial charge in [-0.3, -0.25) is 4.79 Å². The maximum Gasteiger partial charge on any atom is 0.246 e. The summed E-state index contributed by atoms with van der Waals surface area (Å²) in [6.07, 6.45) is 0. The van der Waals surface area contributed by atoms with E-state index in [0.717, 1.165) is 30.0 Å². The van der Waals surface area contributed by atoms with Crippen LogP contribution < -0.4 is 15.5 Å². The quantitative estimate of drug-likeness (QED) is 0.832. The molecule has 4 heteroatoms. The minimum absolute atomic E-state index is 0.0270. The van der Waals surface area contributed by atoms with Crippen molar-refractivity contribution in [1.82, 2.24) is 5.32 Å². The smallest absolute Gasteiger partial charge is 0.246 e. The van der Waals surface area contributed by atoms with Gasteiger partial charge in [-0.05, 0) is 33.0 Å². The molecule has 1 heterocycles. The number of anilines is 2. The number of benzene rings is 1. The Morgan fingerprint density at radius 3 is 2.65 bits per heavy atom. The summed E-state index contributed by atoms with van der Waals surface area (Å²) < 4.78 is 0. The molecule has 0 saturated carbocycles. The first-order valence-electron chi connectivity index (χ1n) is 6.08. The van der Waals surface area contributed by atoms with Crippen LogP contribution in [0.15, 0.2) is 18.2 Å². The summed E-state index contributed by atoms with van der Waals surface area (Å²) in [7, 11) is 1.80. The van der Waals surface area contributed by atoms with Crippen LogP contribution in [0.3, 0.4) is 0 Å². The first kappa shape index (κ1) is 11.9. The molecule has 1 atom stereocenters. The highest BCUT2D eigenvalue weighted by Gasteiger charge is 2.29. The largest absolute Gasteiger partial charge is 0.372 e. The molecule has 4 nitrogen and oxygen atoms in total. The SMILES string of the molecule is CCN(CC)c1ccc2c(c1)NC(=O)C2NC. The van der Waals surface area contributed by atoms with Crippen LogP contribution in [0.5, 0.6) is 0 Å². The van der Waals surface area contributed by atoms with Gasteiger partial charge in [0, 0.05) is 30.0 Å². The molecule has 1 aliphatic rings. The highest BCUT2D eigenvalue weighted by molar-refractivity contribution is 6.03. The number of nitrogens with one attached hydrogen (secondary N) is 2. The molecular formula is C13H19N3O. The normalized spacial score (nSPS) is 17.8. The van der Waals surface area contributed by atoms with Crippen molar-refractivity contribution in [2.24, 2.45) is 0 Å². The Labute approximate surface area is 102 Å². The molecule has 1 aromatic rings. The van der Waals surface area contributed by atoms with Gasteiger partial charge < -0.3 is 15.5 Å². The van der Waals surface area contributed by atoms with Crippen molar-refractivity contribution < 1.29 is 4.79 Å². The van der Waals surface area contributed by atoms with Crippen LogP contribution in [0.25, 0.3) is 0 Å². The third-order valence-electron chi connectivity index (χ3n) is 3.29. The van der Waals surface area contributed by atoms with Crippen molar-refractivity contribution in [3.05, 3.63) is 23.8 Å². The molecule has 0 saturated heterocycles. The van der Waals surface area contributed by atoms with Crippen LogP contribution in [-0.2, 0) is 4.79 Å². The maximum atomic E-state index is 11.7. The summed E-state index contributed by atoms with van der Waals surface area (Å²) in [5.41, 5.74) is 3.12. The van der Waals surface area contributed by atoms with E-state index in [1.165, 1.54) is 0 Å². The molecule has 1 aliphatic heterocycles. The first-order valence-corrected chi connectivity index (χ1v) is 6.08. The third kappa shape index (κ3) is 2.00. The second-order valence-corrected chi connectivity index (χ2v) is 4.15. The minimum atomic E-state index is -0.212. The monoisotopic (exact) mass is 233 g/mol. The lowest BCUT2D eigenvalue weighted by atomic mass is 10.1. The second-order valence-electron chi connectivity index (χ2n) is 4.15. The Bertz CT molecular complexity index is 427. The van der Waals surface area contributed by atoms with Crippen LogP contribution in [0.4, 0.5) is 11.4 Å². The van der Waals surface area contributed by atoms with Crippen LogP contribution in [-0.4, -0.2) is 26.0 Å². The van der Waals surface area contributed by atoms with E-state index >= 15 is 0 Å². The Morgan fingerprint density at radius 1 is 1.35 bits per heavy atom. The predicted molar refractivity (Wildman–Crippen MR) is 70.4 cm³/mol. The number of nitrogens with zero attached hydrogens (tertiary/aromatic N) is 1. The standard InChI is InChI=1S/C13H19N3O/c1-4-16(5-2)9-6-7-10-11(8-9)15-13(17)12(10)14-3/h6-8,12,14H,4-5H2,1-3H3,(H,15,17). The fraction of sp³-hybridized carbons (Fsp3) is 0.462. The zero-order valence-electron chi connectivity index (χ0n) is 10.6. The van der Waals surface area contributed by atoms with Crippen LogP contribution in [0.1, 0.15) is 25.5 Å². The average molecular weight is 233 g/mol. The van der Waals surface area contributed by atoms with Gasteiger partial charge in [0.1, 0.15) is 6.04 Å². The topological polar surface area (TPSA) is 44.4 Å². The van der Waals surface area contributed by atoms with Crippen LogP contribution in [0.2, 0.25) is 0 Å². The van der Waals surface area contributed by atoms with Gasteiger partial charge >= 0.3 is 0 Å². The summed E-state index contributed by atoms with van der Waals surface area (Å²) in [5.74, 6) is 0.0270. The molecule has 1 aromatic carbocycles. The zero-order valence-corrected chi connectivity index (χ0v) is 10.6. The van der Waals surface area contributed by atoms with E-state index in [9.17, 15) is 4.79 Å². The van der Waals surface area contributed by atoms with E-state index < -0.39 is 0 Å². The summed E-state index contributed by atoms with van der Waals surface area (Å²) in [4.78, 5) is 14.0. The van der Waals surface area contributed by atoms with E-state index in [1.54, 1.807) is 7.05 Å². The van der Waals surface area contributed by atoms with Gasteiger partial charge in [-0.25, -0.2) is 0 Å². The Hall–Kier alpha value is -1.55. The number of hydrogen-bond donors (Lipinski definition) is 2. The molecule has 0 radical (unpaired) electrons. The lowest BCUT2D eigenvalue weighted by molar-refractivity contribution is -0.117. The first-order chi connectivity index (χ1) is 8.21. The van der Waals surface area contributed by atoms with Crippen molar-refractivity contribution in [3.8, 4) is 0 Å². The number of likely N-dealkylation sites (N-methyl/N-ethyl adjacent to an activating group) is 1. The van der Waals surface area contributed by atoms with E-state index in [2.05, 4.69) is 41.5 Å². The molecule has 0 fully saturated rings. The van der Waals surface area contributed by atoms with E-state index in [-0.39, 0.29) is 11.9 Å². The molecular weight excluding hydrogens is 214 g/mol. The van der Waals surface area contributed by atoms with Crippen molar-refractivity contribution in [2.45, 2.75) is 19.9 Å². The fourth-order valence-electron chi connectivity index (χ4n) is 2.32. The van der Waals surface area contributed by atoms with Crippen molar-refractivity contribution in [1.29, 1.82) is 0 Å². The molecule has 1 amide bonds. The molecule has 0 bridgehead atoms. The van der Waals surface area contributed by atoms with Gasteiger partial charge in [-0.15, -0.1) is 0 Å². The van der Waals surface area contributed by atoms with Gasteiger partial charge in [-0.2, -0.15) is 0 Å². The predicted octanol–water partition coefficient (Wildman–Crippen LogP) is 1.75. The van der Waals surface area contributed by atoms with Gasteiger partial charge in [0.05, 0.1) is 0 Å². The molecule has 1 unspecified atom stereocenters. The lowest BCUT2D eigenvalue weighted by Crippen LogP contribution is -2.23. The Kier molecular flexibility index (Phi) is 3.33. The number of fused-ring (bicyclic) bond motifs is 1. The van der Waals surface area contributed by atoms with Crippen molar-refractivity contribution in [3.63, 3.8) is 0 Å². The van der Waals surface area contributed by atoms with Gasteiger partial charge in [-0.1, -0.05) is 6.07 Å². The highest BCUT2D eigenvalue weighted by atomic mass is 16.2. The minimum Gasteiger partial charge on any atom is -0.372 e. The second kappa shape index (κ2) is 4.75. The maximum absolute atomic E-state index is 11.7. The molecule has 0 aliphatic carbocycles. The Balaban J connectivity index is 2.34. The summed E-state index contributed by atoms with van der Waals surface area (Å²) in [6.45, 7) is 6.20. The van der Waals surface area contributed by atoms with E-state index in [4.69, 9.17) is 0 Å². The van der Waals surface area contributed by atoms with Gasteiger partial charge in [0.25, 0.3) is 0 Å². The van der Waals surface area contributed by atoms with Crippen LogP contribution >= 0.6 is 0 Å². The zero-order chi connectivity index (χ0) is 12.4. The molecule has 2 N–H and O–H groups in total. The number of carbonyl (C=O) groups is 1. The Morgan fingerprint density at radius 2 is 2.06 bits per heavy atom. The van der Waals surface area contributed by atoms with Gasteiger partial charge in [0.15, 0.2) is 0 Å². The van der Waals surface area contributed by atoms with E-state index in [1.807, 2.05) is 6.07 Å². The fourth-order valence-corrected chi connectivity index (χ4v) is 2.32. The lowest BCUT2D eigenvalue weighted by Gasteiger charge is -2.21. The molecule has 2 rings (SSSR count). The summed E-state index contributed by atoms with van der Waals surface area (Å²) >= 11 is 0. The molecule has 17 heavy (non-hydrogen) atoms. The number of amides is 1. The molecule has 0 spiro atoms. The molecule has 92 valence electrons. The third-order valence-corrected chi connectivity index (χ3v) is 3.29. The summed E-state index contributed by atoms with van der Waals surface area (Å²) in [5, 5.41) is 5.93. The number of hydrogen-bond acceptors (Lipinski definition) is 3. The van der Waals surface area contributed by atoms with Gasteiger partial charge in [0.2, 0.25) is 5.91 Å².